The second-order valence-electron chi connectivity index (χ2n) is 5.09. The normalized spacial score (nSPS) is 10.5. The Hall–Kier alpha value is -2.51. The molecule has 3 heterocycles. The Kier molecular flexibility index (Phi) is 4.73. The predicted octanol–water partition coefficient (Wildman–Crippen LogP) is 4.20. The zero-order valence-corrected chi connectivity index (χ0v) is 14.6. The molecule has 3 rings (SSSR count). The number of aryl methyl sites for hydroxylation is 2. The number of aromatic nitrogens is 3. The van der Waals surface area contributed by atoms with E-state index in [1.807, 2.05) is 25.3 Å². The third-order valence-corrected chi connectivity index (χ3v) is 4.18. The van der Waals surface area contributed by atoms with Crippen molar-refractivity contribution in [3.63, 3.8) is 0 Å². The molecule has 24 heavy (non-hydrogen) atoms. The number of hydrogen-bond acceptors (Lipinski definition) is 6. The van der Waals surface area contributed by atoms with Crippen LogP contribution in [0.1, 0.15) is 21.9 Å². The van der Waals surface area contributed by atoms with E-state index in [4.69, 9.17) is 11.6 Å². The average Bonchev–Trinajstić information content (AvgIpc) is 2.94. The van der Waals surface area contributed by atoms with Gasteiger partial charge in [0.2, 0.25) is 0 Å². The van der Waals surface area contributed by atoms with E-state index in [2.05, 4.69) is 25.6 Å². The van der Waals surface area contributed by atoms with Gasteiger partial charge in [0.1, 0.15) is 5.15 Å². The van der Waals surface area contributed by atoms with Gasteiger partial charge in [-0.05, 0) is 38.1 Å². The Morgan fingerprint density at radius 3 is 2.71 bits per heavy atom. The zero-order chi connectivity index (χ0) is 17.1. The van der Waals surface area contributed by atoms with Crippen LogP contribution in [0.15, 0.2) is 35.8 Å². The Morgan fingerprint density at radius 2 is 2.00 bits per heavy atom. The molecule has 8 heteroatoms. The maximum Gasteiger partial charge on any atom is 0.278 e. The smallest absolute Gasteiger partial charge is 0.278 e. The van der Waals surface area contributed by atoms with Gasteiger partial charge in [-0.25, -0.2) is 15.0 Å². The van der Waals surface area contributed by atoms with Crippen molar-refractivity contribution in [3.8, 4) is 0 Å². The van der Waals surface area contributed by atoms with Gasteiger partial charge in [0.05, 0.1) is 11.4 Å². The molecule has 0 aliphatic carbocycles. The minimum Gasteiger partial charge on any atom is -0.353 e. The highest BCUT2D eigenvalue weighted by atomic mass is 35.5. The molecule has 0 atom stereocenters. The summed E-state index contributed by atoms with van der Waals surface area (Å²) >= 11 is 7.27. The zero-order valence-electron chi connectivity index (χ0n) is 13.0. The molecule has 122 valence electrons. The lowest BCUT2D eigenvalue weighted by atomic mass is 10.2. The van der Waals surface area contributed by atoms with Crippen LogP contribution >= 0.6 is 22.9 Å². The van der Waals surface area contributed by atoms with Crippen LogP contribution in [0.4, 0.5) is 16.5 Å². The van der Waals surface area contributed by atoms with Gasteiger partial charge >= 0.3 is 0 Å². The number of rotatable bonds is 4. The van der Waals surface area contributed by atoms with E-state index >= 15 is 0 Å². The van der Waals surface area contributed by atoms with Crippen molar-refractivity contribution < 1.29 is 4.79 Å². The van der Waals surface area contributed by atoms with Crippen molar-refractivity contribution >= 4 is 45.4 Å². The van der Waals surface area contributed by atoms with E-state index in [-0.39, 0.29) is 11.6 Å². The van der Waals surface area contributed by atoms with E-state index in [9.17, 15) is 4.79 Å². The number of anilines is 3. The van der Waals surface area contributed by atoms with Crippen molar-refractivity contribution in [2.75, 3.05) is 10.6 Å². The van der Waals surface area contributed by atoms with Crippen LogP contribution in [0, 0.1) is 13.8 Å². The second-order valence-corrected chi connectivity index (χ2v) is 6.33. The van der Waals surface area contributed by atoms with E-state index in [0.717, 1.165) is 17.1 Å². The Morgan fingerprint density at radius 1 is 1.17 bits per heavy atom. The maximum atomic E-state index is 12.6. The molecule has 0 aliphatic heterocycles. The molecule has 2 N–H and O–H groups in total. The Labute approximate surface area is 148 Å². The van der Waals surface area contributed by atoms with Gasteiger partial charge in [-0.15, -0.1) is 11.3 Å². The van der Waals surface area contributed by atoms with Gasteiger partial charge < -0.3 is 5.32 Å². The van der Waals surface area contributed by atoms with E-state index < -0.39 is 0 Å². The third-order valence-electron chi connectivity index (χ3n) is 3.09. The number of amides is 1. The van der Waals surface area contributed by atoms with Crippen LogP contribution in [0.5, 0.6) is 0 Å². The highest BCUT2D eigenvalue weighted by Gasteiger charge is 2.16. The molecule has 0 fully saturated rings. The Balaban J connectivity index is 1.88. The summed E-state index contributed by atoms with van der Waals surface area (Å²) in [5, 5.41) is 8.70. The van der Waals surface area contributed by atoms with Gasteiger partial charge in [0.25, 0.3) is 5.91 Å². The molecule has 0 bridgehead atoms. The first-order chi connectivity index (χ1) is 11.5. The molecule has 0 saturated heterocycles. The minimum absolute atomic E-state index is 0.288. The summed E-state index contributed by atoms with van der Waals surface area (Å²) in [6.45, 7) is 3.70. The number of hydrogen-bond donors (Lipinski definition) is 2. The number of carbonyl (C=O) groups is 1. The third kappa shape index (κ3) is 3.87. The number of nitrogens with one attached hydrogen (secondary N) is 2. The first-order valence-electron chi connectivity index (χ1n) is 7.11. The number of pyridine rings is 2. The first-order valence-corrected chi connectivity index (χ1v) is 8.37. The topological polar surface area (TPSA) is 79.8 Å². The second kappa shape index (κ2) is 6.94. The molecular weight excluding hydrogens is 346 g/mol. The lowest BCUT2D eigenvalue weighted by Gasteiger charge is -2.11. The van der Waals surface area contributed by atoms with Crippen molar-refractivity contribution in [3.05, 3.63) is 58.1 Å². The van der Waals surface area contributed by atoms with Gasteiger partial charge in [-0.1, -0.05) is 11.6 Å². The molecule has 3 aromatic heterocycles. The number of thiazole rings is 1. The molecule has 1 amide bonds. The fourth-order valence-corrected chi connectivity index (χ4v) is 2.89. The predicted molar refractivity (Wildman–Crippen MR) is 96.3 cm³/mol. The molecule has 0 unspecified atom stereocenters. The fraction of sp³-hybridized carbons (Fsp3) is 0.125. The molecular formula is C16H14ClN5OS. The summed E-state index contributed by atoms with van der Waals surface area (Å²) in [7, 11) is 0. The van der Waals surface area contributed by atoms with Gasteiger partial charge in [0.15, 0.2) is 10.8 Å². The number of nitrogens with zero attached hydrogens (tertiary/aromatic N) is 3. The van der Waals surface area contributed by atoms with E-state index in [1.54, 1.807) is 24.4 Å². The van der Waals surface area contributed by atoms with E-state index in [1.165, 1.54) is 11.3 Å². The monoisotopic (exact) mass is 359 g/mol. The largest absolute Gasteiger partial charge is 0.353 e. The average molecular weight is 360 g/mol. The number of carbonyl (C=O) groups excluding carboxylic acids is 1. The maximum absolute atomic E-state index is 12.6. The lowest BCUT2D eigenvalue weighted by molar-refractivity contribution is 0.102. The summed E-state index contributed by atoms with van der Waals surface area (Å²) in [4.78, 5) is 25.1. The number of halogens is 1. The van der Waals surface area contributed by atoms with Crippen LogP contribution in [0.3, 0.4) is 0 Å². The molecule has 0 aromatic carbocycles. The van der Waals surface area contributed by atoms with Crippen LogP contribution in [-0.2, 0) is 0 Å². The summed E-state index contributed by atoms with van der Waals surface area (Å²) in [6, 6.07) is 7.07. The van der Waals surface area contributed by atoms with Crippen LogP contribution in [-0.4, -0.2) is 20.9 Å². The first kappa shape index (κ1) is 16.4. The van der Waals surface area contributed by atoms with Crippen LogP contribution in [0.2, 0.25) is 5.15 Å². The quantitative estimate of drug-likeness (QED) is 0.682. The van der Waals surface area contributed by atoms with Crippen LogP contribution < -0.4 is 10.6 Å². The summed E-state index contributed by atoms with van der Waals surface area (Å²) < 4.78 is 0. The highest BCUT2D eigenvalue weighted by molar-refractivity contribution is 7.13. The van der Waals surface area contributed by atoms with Crippen LogP contribution in [0.25, 0.3) is 0 Å². The van der Waals surface area contributed by atoms with Gasteiger partial charge in [0, 0.05) is 23.0 Å². The molecule has 3 aromatic rings. The van der Waals surface area contributed by atoms with E-state index in [0.29, 0.717) is 16.0 Å². The molecule has 0 radical (unpaired) electrons. The standard InChI is InChI=1S/C16H14ClN5OS/c1-9-3-4-12(21-11-5-6-18-13(17)7-11)14(19-9)15(23)22-16-20-10(2)8-24-16/h3-8H,1-2H3,(H,18,21)(H,20,22,23). The van der Waals surface area contributed by atoms with Gasteiger partial charge in [-0.2, -0.15) is 0 Å². The van der Waals surface area contributed by atoms with Crippen molar-refractivity contribution in [1.29, 1.82) is 0 Å². The lowest BCUT2D eigenvalue weighted by Crippen LogP contribution is -2.16. The fourth-order valence-electron chi connectivity index (χ4n) is 2.03. The van der Waals surface area contributed by atoms with Crippen molar-refractivity contribution in [2.24, 2.45) is 0 Å². The van der Waals surface area contributed by atoms with Gasteiger partial charge in [-0.3, -0.25) is 10.1 Å². The SMILES string of the molecule is Cc1csc(NC(=O)c2nc(C)ccc2Nc2ccnc(Cl)c2)n1. The highest BCUT2D eigenvalue weighted by Crippen LogP contribution is 2.23. The minimum atomic E-state index is -0.323. The molecule has 0 saturated carbocycles. The van der Waals surface area contributed by atoms with Crippen molar-refractivity contribution in [2.45, 2.75) is 13.8 Å². The summed E-state index contributed by atoms with van der Waals surface area (Å²) in [5.74, 6) is -0.323. The Bertz CT molecular complexity index is 896. The molecule has 0 aliphatic rings. The van der Waals surface area contributed by atoms with Crippen molar-refractivity contribution in [1.82, 2.24) is 15.0 Å². The summed E-state index contributed by atoms with van der Waals surface area (Å²) in [6.07, 6.45) is 1.59. The molecule has 6 nitrogen and oxygen atoms in total. The summed E-state index contributed by atoms with van der Waals surface area (Å²) in [5.41, 5.74) is 3.19. The molecule has 0 spiro atoms.